The molecule has 0 unspecified atom stereocenters. The average Bonchev–Trinajstić information content (AvgIpc) is 3.13. The van der Waals surface area contributed by atoms with Gasteiger partial charge in [0, 0.05) is 25.1 Å². The fraction of sp³-hybridized carbons (Fsp3) is 0.438. The number of benzene rings is 1. The van der Waals surface area contributed by atoms with Crippen LogP contribution < -0.4 is 0 Å². The third-order valence-corrected chi connectivity index (χ3v) is 4.03. The molecular formula is C16H19N3O2. The van der Waals surface area contributed by atoms with Gasteiger partial charge in [0.15, 0.2) is 0 Å². The number of hydrogen-bond acceptors (Lipinski definition) is 4. The van der Waals surface area contributed by atoms with E-state index in [4.69, 9.17) is 4.52 Å². The van der Waals surface area contributed by atoms with Crippen LogP contribution in [0.4, 0.5) is 0 Å². The first-order valence-corrected chi connectivity index (χ1v) is 7.42. The largest absolute Gasteiger partial charge is 0.342 e. The van der Waals surface area contributed by atoms with Crippen molar-refractivity contribution in [3.63, 3.8) is 0 Å². The van der Waals surface area contributed by atoms with Gasteiger partial charge in [-0.1, -0.05) is 36.3 Å². The van der Waals surface area contributed by atoms with Crippen LogP contribution in [0.2, 0.25) is 0 Å². The number of likely N-dealkylation sites (tertiary alicyclic amines) is 1. The molecule has 1 saturated heterocycles. The third-order valence-electron chi connectivity index (χ3n) is 4.03. The molecule has 110 valence electrons. The molecule has 2 heterocycles. The Hall–Kier alpha value is -2.17. The Morgan fingerprint density at radius 2 is 2.14 bits per heavy atom. The monoisotopic (exact) mass is 285 g/mol. The van der Waals surface area contributed by atoms with E-state index in [9.17, 15) is 4.79 Å². The van der Waals surface area contributed by atoms with Crippen LogP contribution in [0.3, 0.4) is 0 Å². The molecule has 5 heteroatoms. The van der Waals surface area contributed by atoms with Crippen LogP contribution >= 0.6 is 0 Å². The number of carbonyl (C=O) groups excluding carboxylic acids is 1. The van der Waals surface area contributed by atoms with Gasteiger partial charge >= 0.3 is 0 Å². The number of rotatable bonds is 4. The van der Waals surface area contributed by atoms with Gasteiger partial charge in [0.2, 0.25) is 17.6 Å². The van der Waals surface area contributed by atoms with E-state index in [0.717, 1.165) is 18.5 Å². The molecule has 0 radical (unpaired) electrons. The van der Waals surface area contributed by atoms with Gasteiger partial charge in [0.25, 0.3) is 0 Å². The van der Waals surface area contributed by atoms with Crippen LogP contribution in [-0.4, -0.2) is 34.0 Å². The predicted octanol–water partition coefficient (Wildman–Crippen LogP) is 2.63. The summed E-state index contributed by atoms with van der Waals surface area (Å²) in [6.45, 7) is 5.49. The van der Waals surface area contributed by atoms with Crippen LogP contribution in [0.1, 0.15) is 37.6 Å². The maximum Gasteiger partial charge on any atom is 0.232 e. The van der Waals surface area contributed by atoms with E-state index in [0.29, 0.717) is 24.7 Å². The summed E-state index contributed by atoms with van der Waals surface area (Å²) >= 11 is 0. The minimum absolute atomic E-state index is 0.0208. The summed E-state index contributed by atoms with van der Waals surface area (Å²) in [6.07, 6.45) is 1.39. The molecule has 1 atom stereocenters. The van der Waals surface area contributed by atoms with E-state index >= 15 is 0 Å². The van der Waals surface area contributed by atoms with E-state index in [1.54, 1.807) is 0 Å². The Kier molecular flexibility index (Phi) is 3.73. The number of amides is 1. The van der Waals surface area contributed by atoms with Crippen molar-refractivity contribution in [2.45, 2.75) is 32.6 Å². The first-order valence-electron chi connectivity index (χ1n) is 7.42. The number of carbonyl (C=O) groups is 1. The molecule has 1 aliphatic rings. The summed E-state index contributed by atoms with van der Waals surface area (Å²) in [4.78, 5) is 18.1. The van der Waals surface area contributed by atoms with Gasteiger partial charge in [0.1, 0.15) is 0 Å². The highest BCUT2D eigenvalue weighted by molar-refractivity contribution is 5.79. The quantitative estimate of drug-likeness (QED) is 0.866. The third kappa shape index (κ3) is 2.55. The fourth-order valence-corrected chi connectivity index (χ4v) is 2.80. The standard InChI is InChI=1S/C16H19N3O2/c1-3-11-7-5-6-8-13(11)15-17-16(21-18-15)12-9-14(20)19(4-2)10-12/h5-8,12H,3-4,9-10H2,1-2H3/t12-/m1/s1. The molecule has 0 N–H and O–H groups in total. The van der Waals surface area contributed by atoms with Gasteiger partial charge in [-0.15, -0.1) is 0 Å². The van der Waals surface area contributed by atoms with Gasteiger partial charge in [-0.2, -0.15) is 4.98 Å². The van der Waals surface area contributed by atoms with Crippen molar-refractivity contribution in [2.24, 2.45) is 0 Å². The van der Waals surface area contributed by atoms with E-state index in [1.165, 1.54) is 5.56 Å². The minimum atomic E-state index is 0.0208. The summed E-state index contributed by atoms with van der Waals surface area (Å²) in [6, 6.07) is 8.06. The van der Waals surface area contributed by atoms with Crippen molar-refractivity contribution in [1.82, 2.24) is 15.0 Å². The van der Waals surface area contributed by atoms with Crippen molar-refractivity contribution < 1.29 is 9.32 Å². The Balaban J connectivity index is 1.86. The van der Waals surface area contributed by atoms with Gasteiger partial charge in [-0.3, -0.25) is 4.79 Å². The predicted molar refractivity (Wildman–Crippen MR) is 78.7 cm³/mol. The highest BCUT2D eigenvalue weighted by Crippen LogP contribution is 2.29. The maximum atomic E-state index is 11.8. The molecule has 1 aliphatic heterocycles. The summed E-state index contributed by atoms with van der Waals surface area (Å²) in [7, 11) is 0. The van der Waals surface area contributed by atoms with Crippen LogP contribution in [0.5, 0.6) is 0 Å². The maximum absolute atomic E-state index is 11.8. The van der Waals surface area contributed by atoms with Crippen molar-refractivity contribution >= 4 is 5.91 Å². The van der Waals surface area contributed by atoms with Crippen LogP contribution in [-0.2, 0) is 11.2 Å². The number of aryl methyl sites for hydroxylation is 1. The number of likely N-dealkylation sites (N-methyl/N-ethyl adjacent to an activating group) is 1. The highest BCUT2D eigenvalue weighted by Gasteiger charge is 2.33. The smallest absolute Gasteiger partial charge is 0.232 e. The molecule has 3 rings (SSSR count). The molecule has 2 aromatic rings. The van der Waals surface area contributed by atoms with Crippen LogP contribution in [0, 0.1) is 0 Å². The average molecular weight is 285 g/mol. The Labute approximate surface area is 124 Å². The highest BCUT2D eigenvalue weighted by atomic mass is 16.5. The molecule has 1 amide bonds. The van der Waals surface area contributed by atoms with E-state index < -0.39 is 0 Å². The van der Waals surface area contributed by atoms with Crippen molar-refractivity contribution in [3.8, 4) is 11.4 Å². The summed E-state index contributed by atoms with van der Waals surface area (Å²) in [5, 5.41) is 4.10. The Morgan fingerprint density at radius 1 is 1.33 bits per heavy atom. The first-order chi connectivity index (χ1) is 10.2. The molecule has 0 saturated carbocycles. The number of hydrogen-bond donors (Lipinski definition) is 0. The second-order valence-electron chi connectivity index (χ2n) is 5.30. The molecule has 1 aromatic carbocycles. The van der Waals surface area contributed by atoms with Crippen LogP contribution in [0.25, 0.3) is 11.4 Å². The zero-order valence-electron chi connectivity index (χ0n) is 12.4. The lowest BCUT2D eigenvalue weighted by atomic mass is 10.0. The molecule has 0 aliphatic carbocycles. The van der Waals surface area contributed by atoms with Crippen molar-refractivity contribution in [2.75, 3.05) is 13.1 Å². The lowest BCUT2D eigenvalue weighted by molar-refractivity contribution is -0.127. The van der Waals surface area contributed by atoms with E-state index in [2.05, 4.69) is 23.1 Å². The van der Waals surface area contributed by atoms with E-state index in [1.807, 2.05) is 30.0 Å². The molecular weight excluding hydrogens is 266 g/mol. The Bertz CT molecular complexity index is 650. The number of nitrogens with zero attached hydrogens (tertiary/aromatic N) is 3. The Morgan fingerprint density at radius 3 is 2.86 bits per heavy atom. The van der Waals surface area contributed by atoms with Gasteiger partial charge in [-0.25, -0.2) is 0 Å². The SMILES string of the molecule is CCc1ccccc1-c1noc([C@@H]2CC(=O)N(CC)C2)n1. The van der Waals surface area contributed by atoms with Crippen molar-refractivity contribution in [1.29, 1.82) is 0 Å². The fourth-order valence-electron chi connectivity index (χ4n) is 2.80. The molecule has 1 fully saturated rings. The lowest BCUT2D eigenvalue weighted by Gasteiger charge is -2.11. The first kappa shape index (κ1) is 13.8. The van der Waals surface area contributed by atoms with Crippen LogP contribution in [0.15, 0.2) is 28.8 Å². The summed E-state index contributed by atoms with van der Waals surface area (Å²) < 4.78 is 5.40. The second kappa shape index (κ2) is 5.68. The van der Waals surface area contributed by atoms with Gasteiger partial charge < -0.3 is 9.42 Å². The lowest BCUT2D eigenvalue weighted by Crippen LogP contribution is -2.24. The second-order valence-corrected chi connectivity index (χ2v) is 5.30. The summed E-state index contributed by atoms with van der Waals surface area (Å²) in [5.74, 6) is 1.37. The normalized spacial score (nSPS) is 18.5. The molecule has 0 bridgehead atoms. The van der Waals surface area contributed by atoms with Gasteiger partial charge in [0.05, 0.1) is 5.92 Å². The zero-order chi connectivity index (χ0) is 14.8. The van der Waals surface area contributed by atoms with E-state index in [-0.39, 0.29) is 11.8 Å². The molecule has 1 aromatic heterocycles. The zero-order valence-corrected chi connectivity index (χ0v) is 12.4. The molecule has 5 nitrogen and oxygen atoms in total. The molecule has 0 spiro atoms. The number of aromatic nitrogens is 2. The van der Waals surface area contributed by atoms with Crippen molar-refractivity contribution in [3.05, 3.63) is 35.7 Å². The minimum Gasteiger partial charge on any atom is -0.342 e. The summed E-state index contributed by atoms with van der Waals surface area (Å²) in [5.41, 5.74) is 2.20. The molecule has 21 heavy (non-hydrogen) atoms. The topological polar surface area (TPSA) is 59.2 Å². The van der Waals surface area contributed by atoms with Gasteiger partial charge in [-0.05, 0) is 18.9 Å².